The summed E-state index contributed by atoms with van der Waals surface area (Å²) in [6, 6.07) is 9.54. The van der Waals surface area contributed by atoms with Crippen LogP contribution >= 0.6 is 11.6 Å². The summed E-state index contributed by atoms with van der Waals surface area (Å²) in [7, 11) is 4.16. The second-order valence-corrected chi connectivity index (χ2v) is 10.2. The van der Waals surface area contributed by atoms with Crippen LogP contribution in [0.5, 0.6) is 5.75 Å². The van der Waals surface area contributed by atoms with Gasteiger partial charge in [-0.3, -0.25) is 9.69 Å². The van der Waals surface area contributed by atoms with E-state index in [0.29, 0.717) is 17.0 Å². The van der Waals surface area contributed by atoms with Gasteiger partial charge in [0.2, 0.25) is 0 Å². The van der Waals surface area contributed by atoms with Gasteiger partial charge in [-0.05, 0) is 81.4 Å². The largest absolute Gasteiger partial charge is 0.486 e. The maximum Gasteiger partial charge on any atom is 0.320 e. The Hall–Kier alpha value is -2.22. The molecule has 2 atom stereocenters. The van der Waals surface area contributed by atoms with Crippen molar-refractivity contribution in [3.8, 4) is 5.75 Å². The SMILES string of the molecule is CN(C)C1(c2ccc(Cl)cc2)CCC(Cc2cc(F)cc(O[C@@H]3CN[C@H](C(=O)O)C3)c2F)CC1. The number of carboxylic acids is 1. The number of hydrogen-bond acceptors (Lipinski definition) is 4. The molecule has 2 N–H and O–H groups in total. The summed E-state index contributed by atoms with van der Waals surface area (Å²) in [5.74, 6) is -1.99. The molecule has 1 saturated carbocycles. The number of nitrogens with one attached hydrogen (secondary N) is 1. The standard InChI is InChI=1S/C26H31ClF2N2O3/c1-31(2)26(18-3-5-19(27)6-4-18)9-7-16(8-10-26)11-17-12-20(28)13-23(24(17)29)34-21-14-22(25(32)33)30-15-21/h3-6,12-13,16,21-22,30H,7-11,14-15H2,1-2H3,(H,32,33)/t16?,21-,22-,26?/m0/s1. The zero-order chi connectivity index (χ0) is 24.5. The summed E-state index contributed by atoms with van der Waals surface area (Å²) in [4.78, 5) is 13.4. The maximum absolute atomic E-state index is 15.3. The molecule has 0 unspecified atom stereocenters. The normalized spacial score (nSPS) is 27.2. The molecule has 1 aliphatic carbocycles. The van der Waals surface area contributed by atoms with E-state index < -0.39 is 29.7 Å². The highest BCUT2D eigenvalue weighted by molar-refractivity contribution is 6.30. The van der Waals surface area contributed by atoms with Crippen molar-refractivity contribution < 1.29 is 23.4 Å². The lowest BCUT2D eigenvalue weighted by Crippen LogP contribution is -2.44. The minimum Gasteiger partial charge on any atom is -0.486 e. The summed E-state index contributed by atoms with van der Waals surface area (Å²) in [6.07, 6.45) is 3.73. The molecule has 4 rings (SSSR count). The minimum atomic E-state index is -0.976. The third kappa shape index (κ3) is 5.21. The first kappa shape index (κ1) is 24.9. The molecule has 1 saturated heterocycles. The first-order chi connectivity index (χ1) is 16.2. The molecule has 5 nitrogen and oxygen atoms in total. The van der Waals surface area contributed by atoms with E-state index in [1.165, 1.54) is 11.6 Å². The van der Waals surface area contributed by atoms with Crippen molar-refractivity contribution in [3.05, 3.63) is 64.2 Å². The van der Waals surface area contributed by atoms with Crippen LogP contribution in [-0.4, -0.2) is 48.8 Å². The number of ether oxygens (including phenoxy) is 1. The molecule has 0 bridgehead atoms. The monoisotopic (exact) mass is 492 g/mol. The topological polar surface area (TPSA) is 61.8 Å². The van der Waals surface area contributed by atoms with E-state index in [1.54, 1.807) is 0 Å². The Morgan fingerprint density at radius 2 is 1.88 bits per heavy atom. The van der Waals surface area contributed by atoms with Gasteiger partial charge in [0.25, 0.3) is 0 Å². The highest BCUT2D eigenvalue weighted by Gasteiger charge is 2.39. The van der Waals surface area contributed by atoms with E-state index in [4.69, 9.17) is 21.4 Å². The van der Waals surface area contributed by atoms with Gasteiger partial charge in [-0.2, -0.15) is 0 Å². The summed E-state index contributed by atoms with van der Waals surface area (Å²) in [5.41, 5.74) is 1.42. The average Bonchev–Trinajstić information content (AvgIpc) is 3.27. The number of aliphatic carboxylic acids is 1. The van der Waals surface area contributed by atoms with E-state index in [2.05, 4.69) is 36.4 Å². The Morgan fingerprint density at radius 3 is 2.47 bits per heavy atom. The van der Waals surface area contributed by atoms with Crippen LogP contribution in [0, 0.1) is 17.6 Å². The minimum absolute atomic E-state index is 0.105. The van der Waals surface area contributed by atoms with Gasteiger partial charge in [0.15, 0.2) is 11.6 Å². The zero-order valence-corrected chi connectivity index (χ0v) is 20.2. The Labute approximate surface area is 204 Å². The molecular formula is C26H31ClF2N2O3. The Morgan fingerprint density at radius 1 is 1.21 bits per heavy atom. The molecule has 0 amide bonds. The van der Waals surface area contributed by atoms with Gasteiger partial charge < -0.3 is 15.2 Å². The number of carbonyl (C=O) groups is 1. The van der Waals surface area contributed by atoms with Crippen LogP contribution in [0.1, 0.15) is 43.2 Å². The van der Waals surface area contributed by atoms with Crippen LogP contribution in [0.15, 0.2) is 36.4 Å². The molecule has 0 spiro atoms. The number of halogens is 3. The maximum atomic E-state index is 15.3. The second-order valence-electron chi connectivity index (χ2n) is 9.73. The Balaban J connectivity index is 1.44. The van der Waals surface area contributed by atoms with E-state index in [9.17, 15) is 9.18 Å². The molecule has 2 fully saturated rings. The van der Waals surface area contributed by atoms with Gasteiger partial charge in [0.1, 0.15) is 18.0 Å². The van der Waals surface area contributed by atoms with Crippen molar-refractivity contribution >= 4 is 17.6 Å². The lowest BCUT2D eigenvalue weighted by Gasteiger charge is -2.45. The fourth-order valence-corrected chi connectivity index (χ4v) is 5.56. The molecule has 1 heterocycles. The molecule has 2 aliphatic rings. The second kappa shape index (κ2) is 10.2. The van der Waals surface area contributed by atoms with Crippen LogP contribution in [0.25, 0.3) is 0 Å². The molecule has 34 heavy (non-hydrogen) atoms. The number of rotatable bonds is 7. The molecule has 1 aliphatic heterocycles. The van der Waals surface area contributed by atoms with Crippen LogP contribution in [-0.2, 0) is 16.8 Å². The predicted molar refractivity (Wildman–Crippen MR) is 127 cm³/mol. The first-order valence-corrected chi connectivity index (χ1v) is 12.1. The molecule has 0 radical (unpaired) electrons. The molecule has 184 valence electrons. The quantitative estimate of drug-likeness (QED) is 0.569. The van der Waals surface area contributed by atoms with Gasteiger partial charge in [0.05, 0.1) is 0 Å². The predicted octanol–water partition coefficient (Wildman–Crippen LogP) is 5.00. The van der Waals surface area contributed by atoms with E-state index in [1.807, 2.05) is 12.1 Å². The Kier molecular flexibility index (Phi) is 7.45. The van der Waals surface area contributed by atoms with Crippen LogP contribution < -0.4 is 10.1 Å². The van der Waals surface area contributed by atoms with E-state index in [0.717, 1.165) is 31.7 Å². The molecule has 0 aromatic heterocycles. The third-order valence-corrected chi connectivity index (χ3v) is 7.69. The van der Waals surface area contributed by atoms with Crippen LogP contribution in [0.2, 0.25) is 5.02 Å². The lowest BCUT2D eigenvalue weighted by atomic mass is 9.70. The molecule has 8 heteroatoms. The number of carboxylic acid groups (broad SMARTS) is 1. The van der Waals surface area contributed by atoms with Gasteiger partial charge in [-0.25, -0.2) is 8.78 Å². The van der Waals surface area contributed by atoms with Crippen molar-refractivity contribution in [1.82, 2.24) is 10.2 Å². The molecule has 2 aromatic rings. The molecule has 2 aromatic carbocycles. The molecular weight excluding hydrogens is 462 g/mol. The van der Waals surface area contributed by atoms with Crippen molar-refractivity contribution in [2.45, 2.75) is 56.2 Å². The third-order valence-electron chi connectivity index (χ3n) is 7.44. The van der Waals surface area contributed by atoms with Crippen molar-refractivity contribution in [2.75, 3.05) is 20.6 Å². The summed E-state index contributed by atoms with van der Waals surface area (Å²) in [5, 5.41) is 12.6. The van der Waals surface area contributed by atoms with E-state index in [-0.39, 0.29) is 30.2 Å². The van der Waals surface area contributed by atoms with Gasteiger partial charge in [-0.1, -0.05) is 23.7 Å². The van der Waals surface area contributed by atoms with Crippen molar-refractivity contribution in [3.63, 3.8) is 0 Å². The van der Waals surface area contributed by atoms with Gasteiger partial charge in [0, 0.05) is 29.6 Å². The lowest BCUT2D eigenvalue weighted by molar-refractivity contribution is -0.139. The summed E-state index contributed by atoms with van der Waals surface area (Å²) < 4.78 is 35.3. The fourth-order valence-electron chi connectivity index (χ4n) is 5.44. The van der Waals surface area contributed by atoms with Crippen molar-refractivity contribution in [2.24, 2.45) is 5.92 Å². The van der Waals surface area contributed by atoms with Crippen molar-refractivity contribution in [1.29, 1.82) is 0 Å². The van der Waals surface area contributed by atoms with E-state index >= 15 is 4.39 Å². The number of benzene rings is 2. The van der Waals surface area contributed by atoms with Gasteiger partial charge >= 0.3 is 5.97 Å². The van der Waals surface area contributed by atoms with Crippen LogP contribution in [0.3, 0.4) is 0 Å². The number of nitrogens with zero attached hydrogens (tertiary/aromatic N) is 1. The average molecular weight is 493 g/mol. The first-order valence-electron chi connectivity index (χ1n) is 11.7. The van der Waals surface area contributed by atoms with Gasteiger partial charge in [-0.15, -0.1) is 0 Å². The highest BCUT2D eigenvalue weighted by Crippen LogP contribution is 2.44. The summed E-state index contributed by atoms with van der Waals surface area (Å²) >= 11 is 6.08. The fraction of sp³-hybridized carbons (Fsp3) is 0.500. The number of hydrogen-bond donors (Lipinski definition) is 2. The highest BCUT2D eigenvalue weighted by atomic mass is 35.5. The Bertz CT molecular complexity index is 1020. The summed E-state index contributed by atoms with van der Waals surface area (Å²) in [6.45, 7) is 0.280. The smallest absolute Gasteiger partial charge is 0.320 e. The van der Waals surface area contributed by atoms with Crippen LogP contribution in [0.4, 0.5) is 8.78 Å². The zero-order valence-electron chi connectivity index (χ0n) is 19.5.